The largest absolute Gasteiger partial charge is 0.135 e. The number of benzene rings is 8. The van der Waals surface area contributed by atoms with E-state index in [-0.39, 0.29) is 5.41 Å². The molecule has 0 atom stereocenters. The molecule has 1 heteroatoms. The van der Waals surface area contributed by atoms with Gasteiger partial charge >= 0.3 is 0 Å². The Labute approximate surface area is 272 Å². The molecule has 0 saturated heterocycles. The van der Waals surface area contributed by atoms with Crippen LogP contribution in [-0.2, 0) is 5.41 Å². The third-order valence-electron chi connectivity index (χ3n) is 10.4. The van der Waals surface area contributed by atoms with Gasteiger partial charge in [-0.15, -0.1) is 11.3 Å². The first-order chi connectivity index (χ1) is 22.6. The molecule has 46 heavy (non-hydrogen) atoms. The van der Waals surface area contributed by atoms with Crippen LogP contribution in [0.2, 0.25) is 0 Å². The zero-order chi connectivity index (χ0) is 30.6. The summed E-state index contributed by atoms with van der Waals surface area (Å²) >= 11 is 1.93. The van der Waals surface area contributed by atoms with Crippen LogP contribution in [0.3, 0.4) is 0 Å². The maximum absolute atomic E-state index is 2.50. The zero-order valence-corrected chi connectivity index (χ0v) is 26.6. The highest BCUT2D eigenvalue weighted by Gasteiger charge is 2.37. The Morgan fingerprint density at radius 1 is 0.435 bits per heavy atom. The molecule has 0 bridgehead atoms. The minimum atomic E-state index is -0.116. The van der Waals surface area contributed by atoms with E-state index in [0.29, 0.717) is 0 Å². The first kappa shape index (κ1) is 26.0. The summed E-state index contributed by atoms with van der Waals surface area (Å²) in [6, 6.07) is 54.3. The quantitative estimate of drug-likeness (QED) is 0.173. The van der Waals surface area contributed by atoms with Gasteiger partial charge in [-0.2, -0.15) is 0 Å². The lowest BCUT2D eigenvalue weighted by Crippen LogP contribution is -2.15. The smallest absolute Gasteiger partial charge is 0.0434 e. The van der Waals surface area contributed by atoms with Crippen LogP contribution >= 0.6 is 11.3 Å². The molecule has 0 N–H and O–H groups in total. The highest BCUT2D eigenvalue weighted by molar-refractivity contribution is 7.26. The summed E-state index contributed by atoms with van der Waals surface area (Å²) in [5, 5.41) is 10.6. The van der Waals surface area contributed by atoms with Crippen molar-refractivity contribution < 1.29 is 0 Å². The third-order valence-corrected chi connectivity index (χ3v) is 11.7. The second kappa shape index (κ2) is 9.39. The lowest BCUT2D eigenvalue weighted by atomic mass is 9.80. The third kappa shape index (κ3) is 3.44. The van der Waals surface area contributed by atoms with Crippen LogP contribution < -0.4 is 0 Å². The van der Waals surface area contributed by atoms with E-state index in [1.165, 1.54) is 97.0 Å². The first-order valence-corrected chi connectivity index (χ1v) is 16.9. The Balaban J connectivity index is 1.26. The fourth-order valence-corrected chi connectivity index (χ4v) is 9.58. The van der Waals surface area contributed by atoms with Gasteiger partial charge in [0.05, 0.1) is 0 Å². The molecule has 0 amide bonds. The predicted molar refractivity (Wildman–Crippen MR) is 200 cm³/mol. The molecule has 216 valence electrons. The van der Waals surface area contributed by atoms with Crippen LogP contribution in [0.25, 0.3) is 85.9 Å². The highest BCUT2D eigenvalue weighted by Crippen LogP contribution is 2.55. The zero-order valence-electron chi connectivity index (χ0n) is 25.8. The van der Waals surface area contributed by atoms with E-state index in [2.05, 4.69) is 159 Å². The van der Waals surface area contributed by atoms with E-state index in [1.54, 1.807) is 0 Å². The van der Waals surface area contributed by atoms with E-state index in [4.69, 9.17) is 0 Å². The molecule has 9 aromatic rings. The standard InChI is InChI=1S/C45H30S/c1-45(2)37-24-25-39-43(36-23-20-27-12-6-7-15-30(27)44(36)46-39)42(37)35-22-21-29(26-38(35)45)41-33-18-10-8-16-31(33)40(28-13-4-3-5-14-28)32-17-9-11-19-34(32)41/h3-26H,1-2H3. The van der Waals surface area contributed by atoms with Gasteiger partial charge in [-0.1, -0.05) is 147 Å². The average Bonchev–Trinajstić information content (AvgIpc) is 3.59. The predicted octanol–water partition coefficient (Wildman–Crippen LogP) is 13.2. The normalized spacial score (nSPS) is 13.6. The van der Waals surface area contributed by atoms with E-state index < -0.39 is 0 Å². The molecular formula is C45H30S. The molecule has 0 saturated carbocycles. The molecule has 1 aliphatic carbocycles. The Morgan fingerprint density at radius 3 is 1.74 bits per heavy atom. The lowest BCUT2D eigenvalue weighted by Gasteiger charge is -2.23. The van der Waals surface area contributed by atoms with Gasteiger partial charge in [0.2, 0.25) is 0 Å². The monoisotopic (exact) mass is 602 g/mol. The summed E-state index contributed by atoms with van der Waals surface area (Å²) in [5.41, 5.74) is 10.7. The summed E-state index contributed by atoms with van der Waals surface area (Å²) in [6.07, 6.45) is 0. The molecular weight excluding hydrogens is 573 g/mol. The van der Waals surface area contributed by atoms with Crippen molar-refractivity contribution in [3.05, 3.63) is 157 Å². The maximum Gasteiger partial charge on any atom is 0.0434 e. The lowest BCUT2D eigenvalue weighted by molar-refractivity contribution is 0.661. The summed E-state index contributed by atoms with van der Waals surface area (Å²) in [6.45, 7) is 4.82. The average molecular weight is 603 g/mol. The van der Waals surface area contributed by atoms with Crippen molar-refractivity contribution in [2.24, 2.45) is 0 Å². The van der Waals surface area contributed by atoms with Gasteiger partial charge in [0.15, 0.2) is 0 Å². The summed E-state index contributed by atoms with van der Waals surface area (Å²) in [4.78, 5) is 0. The topological polar surface area (TPSA) is 0 Å². The Bertz CT molecular complexity index is 2650. The molecule has 0 spiro atoms. The molecule has 1 heterocycles. The maximum atomic E-state index is 2.50. The number of thiophene rings is 1. The number of hydrogen-bond donors (Lipinski definition) is 0. The van der Waals surface area contributed by atoms with Crippen molar-refractivity contribution in [2.75, 3.05) is 0 Å². The summed E-state index contributed by atoms with van der Waals surface area (Å²) in [5.74, 6) is 0. The second-order valence-electron chi connectivity index (χ2n) is 13.2. The Morgan fingerprint density at radius 2 is 1.04 bits per heavy atom. The van der Waals surface area contributed by atoms with Crippen molar-refractivity contribution in [2.45, 2.75) is 19.3 Å². The van der Waals surface area contributed by atoms with E-state index in [1.807, 2.05) is 11.3 Å². The van der Waals surface area contributed by atoms with Crippen LogP contribution in [0.5, 0.6) is 0 Å². The molecule has 1 aliphatic rings. The van der Waals surface area contributed by atoms with Gasteiger partial charge in [-0.05, 0) is 89.0 Å². The van der Waals surface area contributed by atoms with Crippen molar-refractivity contribution in [3.8, 4) is 33.4 Å². The summed E-state index contributed by atoms with van der Waals surface area (Å²) in [7, 11) is 0. The van der Waals surface area contributed by atoms with Crippen LogP contribution in [0.1, 0.15) is 25.0 Å². The van der Waals surface area contributed by atoms with Gasteiger partial charge < -0.3 is 0 Å². The molecule has 0 fully saturated rings. The van der Waals surface area contributed by atoms with Crippen molar-refractivity contribution in [1.82, 2.24) is 0 Å². The molecule has 0 aliphatic heterocycles. The fraction of sp³-hybridized carbons (Fsp3) is 0.0667. The minimum Gasteiger partial charge on any atom is -0.135 e. The molecule has 1 aromatic heterocycles. The van der Waals surface area contributed by atoms with Crippen molar-refractivity contribution >= 4 is 63.8 Å². The van der Waals surface area contributed by atoms with E-state index in [0.717, 1.165) is 0 Å². The number of rotatable bonds is 2. The Hall–Kier alpha value is -5.24. The highest BCUT2D eigenvalue weighted by atomic mass is 32.1. The van der Waals surface area contributed by atoms with Crippen LogP contribution in [-0.4, -0.2) is 0 Å². The summed E-state index contributed by atoms with van der Waals surface area (Å²) < 4.78 is 2.76. The molecule has 0 unspecified atom stereocenters. The fourth-order valence-electron chi connectivity index (χ4n) is 8.33. The van der Waals surface area contributed by atoms with Crippen LogP contribution in [0, 0.1) is 0 Å². The van der Waals surface area contributed by atoms with Crippen LogP contribution in [0.4, 0.5) is 0 Å². The second-order valence-corrected chi connectivity index (χ2v) is 14.3. The Kier molecular flexibility index (Phi) is 5.31. The molecule has 8 aromatic carbocycles. The number of hydrogen-bond acceptors (Lipinski definition) is 1. The van der Waals surface area contributed by atoms with Gasteiger partial charge in [-0.25, -0.2) is 0 Å². The van der Waals surface area contributed by atoms with Gasteiger partial charge in [0.25, 0.3) is 0 Å². The van der Waals surface area contributed by atoms with Crippen LogP contribution in [0.15, 0.2) is 146 Å². The van der Waals surface area contributed by atoms with E-state index >= 15 is 0 Å². The first-order valence-electron chi connectivity index (χ1n) is 16.1. The molecule has 10 rings (SSSR count). The van der Waals surface area contributed by atoms with Crippen molar-refractivity contribution in [1.29, 1.82) is 0 Å². The van der Waals surface area contributed by atoms with Gasteiger partial charge in [0, 0.05) is 25.6 Å². The van der Waals surface area contributed by atoms with Crippen molar-refractivity contribution in [3.63, 3.8) is 0 Å². The van der Waals surface area contributed by atoms with Gasteiger partial charge in [0.1, 0.15) is 0 Å². The SMILES string of the molecule is CC1(C)c2cc(-c3c4ccccc4c(-c4ccccc4)c4ccccc34)ccc2-c2c1ccc1sc3c4ccccc4ccc3c21. The molecule has 0 radical (unpaired) electrons. The van der Waals surface area contributed by atoms with Gasteiger partial charge in [-0.3, -0.25) is 0 Å². The minimum absolute atomic E-state index is 0.116. The number of fused-ring (bicyclic) bond motifs is 11. The molecule has 0 nitrogen and oxygen atoms in total. The van der Waals surface area contributed by atoms with E-state index in [9.17, 15) is 0 Å².